The van der Waals surface area contributed by atoms with Crippen molar-refractivity contribution in [3.63, 3.8) is 0 Å². The lowest BCUT2D eigenvalue weighted by atomic mass is 10.0. The molecule has 0 unspecified atom stereocenters. The number of hydrogen-bond donors (Lipinski definition) is 1. The van der Waals surface area contributed by atoms with Crippen LogP contribution in [0.25, 0.3) is 27.6 Å². The highest BCUT2D eigenvalue weighted by molar-refractivity contribution is 7.92. The number of pyridine rings is 1. The Morgan fingerprint density at radius 3 is 2.26 bits per heavy atom. The van der Waals surface area contributed by atoms with Gasteiger partial charge in [0, 0.05) is 25.6 Å². The van der Waals surface area contributed by atoms with Crippen molar-refractivity contribution in [2.24, 2.45) is 7.05 Å². The largest absolute Gasteiger partial charge is 0.497 e. The van der Waals surface area contributed by atoms with Crippen molar-refractivity contribution in [3.05, 3.63) is 147 Å². The molecule has 1 amide bonds. The average molecular weight is 886 g/mol. The maximum atomic E-state index is 15.1. The number of fused-ring (bicyclic) bond motifs is 2. The Hall–Kier alpha value is -6.59. The molecule has 14 nitrogen and oxygen atoms in total. The van der Waals surface area contributed by atoms with E-state index in [0.29, 0.717) is 17.4 Å². The monoisotopic (exact) mass is 885 g/mol. The van der Waals surface area contributed by atoms with Crippen LogP contribution >= 0.6 is 11.6 Å². The average Bonchev–Trinajstić information content (AvgIpc) is 3.55. The predicted molar refractivity (Wildman–Crippen MR) is 231 cm³/mol. The minimum Gasteiger partial charge on any atom is -0.497 e. The van der Waals surface area contributed by atoms with Crippen LogP contribution in [0.1, 0.15) is 49.3 Å². The number of ether oxygens (including phenoxy) is 3. The van der Waals surface area contributed by atoms with Gasteiger partial charge in [-0.15, -0.1) is 0 Å². The van der Waals surface area contributed by atoms with Gasteiger partial charge in [0.25, 0.3) is 5.56 Å². The van der Waals surface area contributed by atoms with E-state index in [1.54, 1.807) is 52.1 Å². The fourth-order valence-electron chi connectivity index (χ4n) is 6.90. The SMILES string of the molecule is COc1ccc(CN(c2nn(C)c3c(-n4c([C@H](Cc5cc(F)cc(F)c5)NC(=O)OC(C)(C)C)nc5nc(OCc6ccccc6)ccc5c4=O)ccc(Cl)c23)S(C)(=O)=O)cc1. The number of halogens is 3. The fraction of sp³-hybridized carbons (Fsp3) is 0.250. The summed E-state index contributed by atoms with van der Waals surface area (Å²) in [7, 11) is -0.938. The molecule has 0 radical (unpaired) electrons. The van der Waals surface area contributed by atoms with Crippen molar-refractivity contribution in [1.29, 1.82) is 0 Å². The first-order valence-electron chi connectivity index (χ1n) is 19.2. The van der Waals surface area contributed by atoms with Gasteiger partial charge in [0.05, 0.1) is 53.0 Å². The Bertz CT molecular complexity index is 2960. The zero-order valence-electron chi connectivity index (χ0n) is 34.5. The van der Waals surface area contributed by atoms with E-state index in [1.165, 1.54) is 40.6 Å². The molecule has 4 aromatic carbocycles. The molecule has 7 aromatic rings. The van der Waals surface area contributed by atoms with E-state index in [2.05, 4.69) is 15.4 Å². The Labute approximate surface area is 360 Å². The number of methoxy groups -OCH3 is 1. The molecule has 0 aliphatic carbocycles. The quantitative estimate of drug-likeness (QED) is 0.120. The Balaban J connectivity index is 1.47. The minimum atomic E-state index is -4.02. The summed E-state index contributed by atoms with van der Waals surface area (Å²) < 4.78 is 76.9. The van der Waals surface area contributed by atoms with Gasteiger partial charge in [0.2, 0.25) is 15.9 Å². The fourth-order valence-corrected chi connectivity index (χ4v) is 7.97. The molecule has 62 heavy (non-hydrogen) atoms. The van der Waals surface area contributed by atoms with Crippen LogP contribution in [0.5, 0.6) is 11.6 Å². The second-order valence-electron chi connectivity index (χ2n) is 15.4. The smallest absolute Gasteiger partial charge is 0.408 e. The van der Waals surface area contributed by atoms with Crippen LogP contribution in [0.4, 0.5) is 19.4 Å². The third kappa shape index (κ3) is 9.63. The number of carbonyl (C=O) groups is 1. The number of aromatic nitrogens is 5. The number of nitrogens with zero attached hydrogens (tertiary/aromatic N) is 6. The lowest BCUT2D eigenvalue weighted by molar-refractivity contribution is 0.0500. The maximum Gasteiger partial charge on any atom is 0.408 e. The van der Waals surface area contributed by atoms with Crippen molar-refractivity contribution < 1.29 is 36.2 Å². The van der Waals surface area contributed by atoms with E-state index in [0.717, 1.165) is 28.3 Å². The van der Waals surface area contributed by atoms with Crippen molar-refractivity contribution in [3.8, 4) is 17.3 Å². The molecule has 18 heteroatoms. The minimum absolute atomic E-state index is 0.0310. The highest BCUT2D eigenvalue weighted by atomic mass is 35.5. The Morgan fingerprint density at radius 1 is 0.919 bits per heavy atom. The first kappa shape index (κ1) is 43.5. The number of benzene rings is 4. The lowest BCUT2D eigenvalue weighted by Gasteiger charge is -2.26. The van der Waals surface area contributed by atoms with Gasteiger partial charge in [-0.25, -0.2) is 31.3 Å². The molecule has 0 fully saturated rings. The number of hydrogen-bond acceptors (Lipinski definition) is 10. The van der Waals surface area contributed by atoms with Crippen LogP contribution in [0.2, 0.25) is 5.02 Å². The summed E-state index contributed by atoms with van der Waals surface area (Å²) in [4.78, 5) is 38.1. The van der Waals surface area contributed by atoms with E-state index >= 15 is 4.79 Å². The van der Waals surface area contributed by atoms with Crippen molar-refractivity contribution >= 4 is 55.5 Å². The zero-order valence-corrected chi connectivity index (χ0v) is 36.1. The molecule has 3 aromatic heterocycles. The summed E-state index contributed by atoms with van der Waals surface area (Å²) >= 11 is 6.90. The van der Waals surface area contributed by atoms with Gasteiger partial charge < -0.3 is 19.5 Å². The molecule has 7 rings (SSSR count). The number of anilines is 1. The van der Waals surface area contributed by atoms with Gasteiger partial charge in [0.1, 0.15) is 35.4 Å². The molecule has 0 spiro atoms. The summed E-state index contributed by atoms with van der Waals surface area (Å²) in [5, 5.41) is 7.74. The molecule has 0 saturated carbocycles. The normalized spacial score (nSPS) is 12.3. The number of nitrogens with one attached hydrogen (secondary N) is 1. The molecule has 0 aliphatic heterocycles. The van der Waals surface area contributed by atoms with Crippen LogP contribution < -0.4 is 24.7 Å². The molecular formula is C44H42ClF2N7O7S. The van der Waals surface area contributed by atoms with Crippen molar-refractivity contribution in [2.75, 3.05) is 17.7 Å². The Morgan fingerprint density at radius 2 is 1.61 bits per heavy atom. The van der Waals surface area contributed by atoms with Gasteiger partial charge in [-0.2, -0.15) is 10.1 Å². The number of carbonyl (C=O) groups excluding carboxylic acids is 1. The van der Waals surface area contributed by atoms with Gasteiger partial charge in [-0.05, 0) is 79.9 Å². The summed E-state index contributed by atoms with van der Waals surface area (Å²) in [5.41, 5.74) is 0.238. The first-order valence-corrected chi connectivity index (χ1v) is 21.4. The van der Waals surface area contributed by atoms with Gasteiger partial charge in [-0.3, -0.25) is 14.0 Å². The van der Waals surface area contributed by atoms with Crippen molar-refractivity contribution in [1.82, 2.24) is 29.6 Å². The summed E-state index contributed by atoms with van der Waals surface area (Å²) in [6, 6.07) is 23.8. The number of aryl methyl sites for hydroxylation is 1. The molecule has 322 valence electrons. The summed E-state index contributed by atoms with van der Waals surface area (Å²) in [5.74, 6) is -1.17. The van der Waals surface area contributed by atoms with E-state index in [-0.39, 0.29) is 75.3 Å². The molecule has 0 aliphatic rings. The van der Waals surface area contributed by atoms with E-state index in [1.807, 2.05) is 30.3 Å². The standard InChI is InChI=1S/C44H42ClF2N7O7S/c1-44(2,3)61-43(56)48-34(22-28-20-29(46)23-30(47)21-28)40-50-39-32(16-19-36(49-39)60-25-27-10-8-7-9-11-27)42(55)54(40)35-18-17-33(45)37-38(35)52(4)51-41(37)53(62(6,57)58)24-26-12-14-31(59-5)15-13-26/h7-21,23,34H,22,24-25H2,1-6H3,(H,48,56)/t34-/m0/s1. The van der Waals surface area contributed by atoms with Crippen LogP contribution in [0.3, 0.4) is 0 Å². The predicted octanol–water partition coefficient (Wildman–Crippen LogP) is 7.96. The number of amides is 1. The second kappa shape index (κ2) is 17.4. The highest BCUT2D eigenvalue weighted by Crippen LogP contribution is 2.38. The summed E-state index contributed by atoms with van der Waals surface area (Å²) in [6.07, 6.45) is -0.162. The third-order valence-electron chi connectivity index (χ3n) is 9.59. The van der Waals surface area contributed by atoms with E-state index in [4.69, 9.17) is 30.8 Å². The number of sulfonamides is 1. The first-order chi connectivity index (χ1) is 29.4. The van der Waals surface area contributed by atoms with E-state index in [9.17, 15) is 22.0 Å². The Kier molecular flexibility index (Phi) is 12.2. The maximum absolute atomic E-state index is 15.1. The molecular weight excluding hydrogens is 844 g/mol. The zero-order chi connectivity index (χ0) is 44.5. The molecule has 3 heterocycles. The molecule has 1 N–H and O–H groups in total. The van der Waals surface area contributed by atoms with Crippen LogP contribution in [-0.4, -0.2) is 57.8 Å². The molecule has 0 bridgehead atoms. The highest BCUT2D eigenvalue weighted by Gasteiger charge is 2.31. The van der Waals surface area contributed by atoms with E-state index < -0.39 is 45.0 Å². The summed E-state index contributed by atoms with van der Waals surface area (Å²) in [6.45, 7) is 5.00. The topological polar surface area (TPSA) is 160 Å². The van der Waals surface area contributed by atoms with Crippen LogP contribution in [-0.2, 0) is 41.4 Å². The lowest BCUT2D eigenvalue weighted by Crippen LogP contribution is -2.39. The van der Waals surface area contributed by atoms with Gasteiger partial charge >= 0.3 is 6.09 Å². The van der Waals surface area contributed by atoms with Crippen LogP contribution in [0.15, 0.2) is 102 Å². The van der Waals surface area contributed by atoms with Crippen LogP contribution in [0, 0.1) is 11.6 Å². The molecule has 1 atom stereocenters. The third-order valence-corrected chi connectivity index (χ3v) is 11.0. The molecule has 0 saturated heterocycles. The number of alkyl carbamates (subject to hydrolysis) is 1. The van der Waals surface area contributed by atoms with Gasteiger partial charge in [0.15, 0.2) is 11.5 Å². The number of rotatable bonds is 13. The second-order valence-corrected chi connectivity index (χ2v) is 17.8. The van der Waals surface area contributed by atoms with Gasteiger partial charge in [-0.1, -0.05) is 54.1 Å². The van der Waals surface area contributed by atoms with Crippen molar-refractivity contribution in [2.45, 2.75) is 52.0 Å².